The molecule has 0 aliphatic heterocycles. The van der Waals surface area contributed by atoms with Crippen molar-refractivity contribution in [2.24, 2.45) is 5.41 Å². The second kappa shape index (κ2) is 5.83. The molecule has 0 aromatic heterocycles. The first-order valence-electron chi connectivity index (χ1n) is 6.85. The number of nitrogens with one attached hydrogen (secondary N) is 2. The van der Waals surface area contributed by atoms with E-state index in [4.69, 9.17) is 11.6 Å². The number of amides is 2. The molecule has 2 N–H and O–H groups in total. The zero-order valence-electron chi connectivity index (χ0n) is 11.8. The van der Waals surface area contributed by atoms with Gasteiger partial charge in [-0.15, -0.1) is 0 Å². The maximum absolute atomic E-state index is 12.3. The number of hydrogen-bond donors (Lipinski definition) is 2. The fourth-order valence-electron chi connectivity index (χ4n) is 2.06. The molecule has 20 heavy (non-hydrogen) atoms. The predicted octanol–water partition coefficient (Wildman–Crippen LogP) is 2.89. The standard InChI is InChI=1S/C15H19ClN2O2/c1-3-8-17-13(19)15(6-7-15)14(20)18-12-9-11(16)5-4-10(12)2/h4-5,9H,3,6-8H2,1-2H3,(H,17,19)(H,18,20). The monoisotopic (exact) mass is 294 g/mol. The van der Waals surface area contributed by atoms with Gasteiger partial charge in [-0.05, 0) is 43.9 Å². The average Bonchev–Trinajstić information content (AvgIpc) is 3.21. The molecule has 2 rings (SSSR count). The van der Waals surface area contributed by atoms with Crippen LogP contribution >= 0.6 is 11.6 Å². The lowest BCUT2D eigenvalue weighted by Gasteiger charge is -2.16. The van der Waals surface area contributed by atoms with Crippen LogP contribution in [0, 0.1) is 12.3 Å². The van der Waals surface area contributed by atoms with Crippen molar-refractivity contribution >= 4 is 29.1 Å². The Bertz CT molecular complexity index is 539. The van der Waals surface area contributed by atoms with Crippen LogP contribution in [0.25, 0.3) is 0 Å². The molecule has 0 spiro atoms. The molecule has 2 amide bonds. The minimum Gasteiger partial charge on any atom is -0.355 e. The molecular formula is C15H19ClN2O2. The van der Waals surface area contributed by atoms with Crippen LogP contribution in [0.2, 0.25) is 5.02 Å². The lowest BCUT2D eigenvalue weighted by molar-refractivity contribution is -0.134. The van der Waals surface area contributed by atoms with Crippen LogP contribution in [-0.4, -0.2) is 18.4 Å². The fraction of sp³-hybridized carbons (Fsp3) is 0.467. The molecule has 0 radical (unpaired) electrons. The minimum atomic E-state index is -0.885. The van der Waals surface area contributed by atoms with E-state index in [9.17, 15) is 9.59 Å². The van der Waals surface area contributed by atoms with Crippen LogP contribution in [0.5, 0.6) is 0 Å². The smallest absolute Gasteiger partial charge is 0.240 e. The fourth-order valence-corrected chi connectivity index (χ4v) is 2.23. The summed E-state index contributed by atoms with van der Waals surface area (Å²) < 4.78 is 0. The van der Waals surface area contributed by atoms with Crippen molar-refractivity contribution in [3.05, 3.63) is 28.8 Å². The number of benzene rings is 1. The average molecular weight is 295 g/mol. The Labute approximate surface area is 123 Å². The van der Waals surface area contributed by atoms with Crippen LogP contribution in [0.1, 0.15) is 31.7 Å². The van der Waals surface area contributed by atoms with Crippen LogP contribution in [0.3, 0.4) is 0 Å². The van der Waals surface area contributed by atoms with Crippen molar-refractivity contribution in [1.82, 2.24) is 5.32 Å². The van der Waals surface area contributed by atoms with E-state index in [1.807, 2.05) is 19.9 Å². The van der Waals surface area contributed by atoms with Gasteiger partial charge in [-0.1, -0.05) is 24.6 Å². The Morgan fingerprint density at radius 3 is 2.60 bits per heavy atom. The molecule has 5 heteroatoms. The summed E-state index contributed by atoms with van der Waals surface area (Å²) in [6, 6.07) is 5.32. The lowest BCUT2D eigenvalue weighted by atomic mass is 10.0. The van der Waals surface area contributed by atoms with Gasteiger partial charge in [0.15, 0.2) is 0 Å². The van der Waals surface area contributed by atoms with E-state index in [1.54, 1.807) is 12.1 Å². The molecule has 0 bridgehead atoms. The summed E-state index contributed by atoms with van der Waals surface area (Å²) in [7, 11) is 0. The summed E-state index contributed by atoms with van der Waals surface area (Å²) in [5.74, 6) is -0.409. The van der Waals surface area contributed by atoms with Gasteiger partial charge in [0.25, 0.3) is 0 Å². The molecule has 108 valence electrons. The molecule has 1 aliphatic carbocycles. The summed E-state index contributed by atoms with van der Waals surface area (Å²) in [4.78, 5) is 24.4. The zero-order chi connectivity index (χ0) is 14.8. The number of halogens is 1. The molecule has 0 saturated heterocycles. The third-order valence-electron chi connectivity index (χ3n) is 3.60. The van der Waals surface area contributed by atoms with Crippen molar-refractivity contribution in [1.29, 1.82) is 0 Å². The number of hydrogen-bond acceptors (Lipinski definition) is 2. The first-order chi connectivity index (χ1) is 9.49. The Morgan fingerprint density at radius 2 is 2.00 bits per heavy atom. The summed E-state index contributed by atoms with van der Waals surface area (Å²) in [6.45, 7) is 4.47. The van der Waals surface area contributed by atoms with Gasteiger partial charge in [0.05, 0.1) is 0 Å². The summed E-state index contributed by atoms with van der Waals surface area (Å²) >= 11 is 5.93. The number of anilines is 1. The van der Waals surface area contributed by atoms with E-state index in [-0.39, 0.29) is 11.8 Å². The van der Waals surface area contributed by atoms with Crippen molar-refractivity contribution in [2.45, 2.75) is 33.1 Å². The highest BCUT2D eigenvalue weighted by atomic mass is 35.5. The van der Waals surface area contributed by atoms with E-state index in [2.05, 4.69) is 10.6 Å². The first kappa shape index (κ1) is 14.9. The summed E-state index contributed by atoms with van der Waals surface area (Å²) in [6.07, 6.45) is 2.07. The molecule has 1 aliphatic rings. The maximum Gasteiger partial charge on any atom is 0.240 e. The van der Waals surface area contributed by atoms with E-state index < -0.39 is 5.41 Å². The van der Waals surface area contributed by atoms with Gasteiger partial charge in [0, 0.05) is 17.3 Å². The van der Waals surface area contributed by atoms with Crippen LogP contribution in [0.4, 0.5) is 5.69 Å². The Balaban J connectivity index is 2.08. The Kier molecular flexibility index (Phi) is 4.33. The van der Waals surface area contributed by atoms with E-state index in [1.165, 1.54) is 0 Å². The van der Waals surface area contributed by atoms with E-state index >= 15 is 0 Å². The third-order valence-corrected chi connectivity index (χ3v) is 3.84. The molecule has 4 nitrogen and oxygen atoms in total. The topological polar surface area (TPSA) is 58.2 Å². The quantitative estimate of drug-likeness (QED) is 0.820. The van der Waals surface area contributed by atoms with Gasteiger partial charge in [-0.3, -0.25) is 9.59 Å². The highest BCUT2D eigenvalue weighted by Crippen LogP contribution is 2.47. The largest absolute Gasteiger partial charge is 0.355 e. The van der Waals surface area contributed by atoms with Crippen molar-refractivity contribution in [2.75, 3.05) is 11.9 Å². The van der Waals surface area contributed by atoms with Crippen molar-refractivity contribution < 1.29 is 9.59 Å². The molecule has 0 atom stereocenters. The third kappa shape index (κ3) is 2.96. The van der Waals surface area contributed by atoms with E-state index in [0.717, 1.165) is 12.0 Å². The molecule has 0 unspecified atom stereocenters. The number of rotatable bonds is 5. The predicted molar refractivity (Wildman–Crippen MR) is 79.8 cm³/mol. The Hall–Kier alpha value is -1.55. The van der Waals surface area contributed by atoms with Gasteiger partial charge in [0.1, 0.15) is 5.41 Å². The van der Waals surface area contributed by atoms with Crippen LogP contribution < -0.4 is 10.6 Å². The van der Waals surface area contributed by atoms with Gasteiger partial charge < -0.3 is 10.6 Å². The lowest BCUT2D eigenvalue weighted by Crippen LogP contribution is -2.40. The van der Waals surface area contributed by atoms with Crippen molar-refractivity contribution in [3.63, 3.8) is 0 Å². The van der Waals surface area contributed by atoms with E-state index in [0.29, 0.717) is 30.1 Å². The zero-order valence-corrected chi connectivity index (χ0v) is 12.5. The highest BCUT2D eigenvalue weighted by molar-refractivity contribution is 6.31. The first-order valence-corrected chi connectivity index (χ1v) is 7.23. The minimum absolute atomic E-state index is 0.170. The maximum atomic E-state index is 12.3. The number of carbonyl (C=O) groups is 2. The van der Waals surface area contributed by atoms with Gasteiger partial charge in [0.2, 0.25) is 11.8 Å². The van der Waals surface area contributed by atoms with Crippen LogP contribution in [0.15, 0.2) is 18.2 Å². The molecule has 1 aromatic rings. The van der Waals surface area contributed by atoms with Gasteiger partial charge in [-0.2, -0.15) is 0 Å². The van der Waals surface area contributed by atoms with Crippen molar-refractivity contribution in [3.8, 4) is 0 Å². The molecule has 0 heterocycles. The molecule has 1 saturated carbocycles. The number of carbonyl (C=O) groups excluding carboxylic acids is 2. The number of aryl methyl sites for hydroxylation is 1. The molecule has 1 aromatic carbocycles. The summed E-state index contributed by atoms with van der Waals surface area (Å²) in [5, 5.41) is 6.19. The second-order valence-electron chi connectivity index (χ2n) is 5.25. The van der Waals surface area contributed by atoms with Gasteiger partial charge in [-0.25, -0.2) is 0 Å². The summed E-state index contributed by atoms with van der Waals surface area (Å²) in [5.41, 5.74) is 0.703. The second-order valence-corrected chi connectivity index (χ2v) is 5.69. The SMILES string of the molecule is CCCNC(=O)C1(C(=O)Nc2cc(Cl)ccc2C)CC1. The Morgan fingerprint density at radius 1 is 1.30 bits per heavy atom. The van der Waals surface area contributed by atoms with Gasteiger partial charge >= 0.3 is 0 Å². The molecule has 1 fully saturated rings. The molecular weight excluding hydrogens is 276 g/mol. The highest BCUT2D eigenvalue weighted by Gasteiger charge is 2.56. The van der Waals surface area contributed by atoms with Crippen LogP contribution in [-0.2, 0) is 9.59 Å². The normalized spacial score (nSPS) is 15.6.